The monoisotopic (exact) mass is 430 g/mol. The number of nitrogens with zero attached hydrogens (tertiary/aromatic N) is 2. The lowest BCUT2D eigenvalue weighted by Crippen LogP contribution is -2.31. The Morgan fingerprint density at radius 2 is 1.59 bits per heavy atom. The molecule has 7 nitrogen and oxygen atoms in total. The minimum Gasteiger partial charge on any atom is -0.280 e. The minimum atomic E-state index is -3.07. The molecule has 0 fully saturated rings. The van der Waals surface area contributed by atoms with Gasteiger partial charge in [-0.3, -0.25) is 15.6 Å². The molecule has 1 aromatic heterocycles. The Balaban J connectivity index is 1.55. The molecule has 29 heavy (non-hydrogen) atoms. The van der Waals surface area contributed by atoms with E-state index >= 15 is 0 Å². The number of hydrogen-bond acceptors (Lipinski definition) is 6. The molecule has 9 heteroatoms. The van der Waals surface area contributed by atoms with Crippen molar-refractivity contribution in [3.63, 3.8) is 0 Å². The first-order chi connectivity index (χ1) is 13.8. The van der Waals surface area contributed by atoms with Gasteiger partial charge in [0, 0.05) is 16.8 Å². The molecule has 0 aliphatic rings. The highest BCUT2D eigenvalue weighted by atomic mass is 35.5. The average molecular weight is 431 g/mol. The van der Waals surface area contributed by atoms with Crippen molar-refractivity contribution in [1.29, 1.82) is 0 Å². The third-order valence-electron chi connectivity index (χ3n) is 3.95. The van der Waals surface area contributed by atoms with E-state index < -0.39 is 9.84 Å². The predicted molar refractivity (Wildman–Crippen MR) is 113 cm³/mol. The minimum absolute atomic E-state index is 0.00245. The van der Waals surface area contributed by atoms with Crippen LogP contribution in [0.3, 0.4) is 0 Å². The highest BCUT2D eigenvalue weighted by Crippen LogP contribution is 2.18. The summed E-state index contributed by atoms with van der Waals surface area (Å²) in [6, 6.07) is 17.6. The molecule has 0 aliphatic heterocycles. The zero-order valence-electron chi connectivity index (χ0n) is 15.6. The van der Waals surface area contributed by atoms with Gasteiger partial charge < -0.3 is 0 Å². The van der Waals surface area contributed by atoms with Crippen LogP contribution in [0.5, 0.6) is 0 Å². The van der Waals surface area contributed by atoms with E-state index in [1.54, 1.807) is 60.7 Å². The highest BCUT2D eigenvalue weighted by molar-refractivity contribution is 7.89. The van der Waals surface area contributed by atoms with Crippen LogP contribution in [0.2, 0.25) is 5.02 Å². The summed E-state index contributed by atoms with van der Waals surface area (Å²) in [4.78, 5) is 12.0. The zero-order chi connectivity index (χ0) is 20.9. The average Bonchev–Trinajstić information content (AvgIpc) is 2.68. The van der Waals surface area contributed by atoms with Gasteiger partial charge in [-0.2, -0.15) is 0 Å². The van der Waals surface area contributed by atoms with Crippen LogP contribution < -0.4 is 10.9 Å². The van der Waals surface area contributed by atoms with Crippen molar-refractivity contribution in [3.05, 3.63) is 76.8 Å². The maximum atomic E-state index is 12.0. The molecule has 0 saturated carbocycles. The number of hydrazine groups is 1. The Morgan fingerprint density at radius 3 is 2.17 bits per heavy atom. The number of halogens is 1. The predicted octanol–water partition coefficient (Wildman–Crippen LogP) is 3.03. The largest absolute Gasteiger partial charge is 0.280 e. The Kier molecular flexibility index (Phi) is 6.46. The summed E-state index contributed by atoms with van der Waals surface area (Å²) in [5.74, 6) is 0.170. The zero-order valence-corrected chi connectivity index (χ0v) is 17.2. The second kappa shape index (κ2) is 9.02. The SMILES string of the molecule is CS(=O)(=O)Cc1ccc(-c2ccc(NNC(=O)Cc3ccc(Cl)cc3)nn2)cc1. The van der Waals surface area contributed by atoms with Gasteiger partial charge in [0.2, 0.25) is 5.91 Å². The molecule has 0 unspecified atom stereocenters. The molecule has 0 spiro atoms. The lowest BCUT2D eigenvalue weighted by atomic mass is 10.1. The molecule has 0 bridgehead atoms. The first kappa shape index (κ1) is 20.8. The quantitative estimate of drug-likeness (QED) is 0.559. The number of anilines is 1. The first-order valence-corrected chi connectivity index (χ1v) is 11.1. The van der Waals surface area contributed by atoms with E-state index in [1.807, 2.05) is 0 Å². The van der Waals surface area contributed by atoms with Crippen LogP contribution in [0, 0.1) is 0 Å². The van der Waals surface area contributed by atoms with Gasteiger partial charge in [-0.05, 0) is 35.4 Å². The molecule has 3 aromatic rings. The number of carbonyl (C=O) groups is 1. The maximum absolute atomic E-state index is 12.0. The van der Waals surface area contributed by atoms with Crippen molar-refractivity contribution in [1.82, 2.24) is 15.6 Å². The third-order valence-corrected chi connectivity index (χ3v) is 5.06. The molecule has 0 saturated heterocycles. The number of hydrogen-bond donors (Lipinski definition) is 2. The van der Waals surface area contributed by atoms with Gasteiger partial charge in [-0.15, -0.1) is 10.2 Å². The second-order valence-corrected chi connectivity index (χ2v) is 9.12. The topological polar surface area (TPSA) is 101 Å². The van der Waals surface area contributed by atoms with E-state index in [1.165, 1.54) is 6.26 Å². The number of benzene rings is 2. The molecule has 0 atom stereocenters. The number of nitrogens with one attached hydrogen (secondary N) is 2. The van der Waals surface area contributed by atoms with Crippen molar-refractivity contribution in [2.75, 3.05) is 11.7 Å². The summed E-state index contributed by atoms with van der Waals surface area (Å²) >= 11 is 5.83. The normalized spacial score (nSPS) is 11.1. The van der Waals surface area contributed by atoms with Crippen LogP contribution in [0.4, 0.5) is 5.82 Å². The third kappa shape index (κ3) is 6.55. The maximum Gasteiger partial charge on any atom is 0.242 e. The number of rotatable bonds is 7. The van der Waals surface area contributed by atoms with Crippen molar-refractivity contribution >= 4 is 33.2 Å². The van der Waals surface area contributed by atoms with E-state index in [4.69, 9.17) is 11.6 Å². The molecule has 150 valence electrons. The molecular formula is C20H19ClN4O3S. The van der Waals surface area contributed by atoms with Crippen molar-refractivity contribution < 1.29 is 13.2 Å². The van der Waals surface area contributed by atoms with E-state index in [2.05, 4.69) is 21.0 Å². The van der Waals surface area contributed by atoms with Crippen molar-refractivity contribution in [2.45, 2.75) is 12.2 Å². The van der Waals surface area contributed by atoms with Crippen LogP contribution in [0.25, 0.3) is 11.3 Å². The van der Waals surface area contributed by atoms with Crippen LogP contribution in [-0.4, -0.2) is 30.8 Å². The van der Waals surface area contributed by atoms with Crippen LogP contribution in [0.15, 0.2) is 60.7 Å². The molecule has 1 heterocycles. The smallest absolute Gasteiger partial charge is 0.242 e. The molecule has 1 amide bonds. The summed E-state index contributed by atoms with van der Waals surface area (Å²) in [5, 5.41) is 8.78. The number of carbonyl (C=O) groups excluding carboxylic acids is 1. The van der Waals surface area contributed by atoms with Gasteiger partial charge in [0.1, 0.15) is 0 Å². The summed E-state index contributed by atoms with van der Waals surface area (Å²) < 4.78 is 22.7. The molecular weight excluding hydrogens is 412 g/mol. The van der Waals surface area contributed by atoms with E-state index in [0.717, 1.165) is 11.1 Å². The Labute approximate surface area is 174 Å². The van der Waals surface area contributed by atoms with Gasteiger partial charge in [0.05, 0.1) is 17.9 Å². The molecule has 0 aliphatic carbocycles. The Hall–Kier alpha value is -2.97. The summed E-state index contributed by atoms with van der Waals surface area (Å²) in [6.07, 6.45) is 1.40. The second-order valence-electron chi connectivity index (χ2n) is 6.55. The van der Waals surface area contributed by atoms with Crippen LogP contribution in [0.1, 0.15) is 11.1 Å². The van der Waals surface area contributed by atoms with Crippen LogP contribution >= 0.6 is 11.6 Å². The summed E-state index contributed by atoms with van der Waals surface area (Å²) in [6.45, 7) is 0. The highest BCUT2D eigenvalue weighted by Gasteiger charge is 2.07. The molecule has 3 rings (SSSR count). The van der Waals surface area contributed by atoms with E-state index in [9.17, 15) is 13.2 Å². The van der Waals surface area contributed by atoms with E-state index in [0.29, 0.717) is 22.1 Å². The summed E-state index contributed by atoms with van der Waals surface area (Å²) in [5.41, 5.74) is 8.30. The van der Waals surface area contributed by atoms with Gasteiger partial charge in [-0.25, -0.2) is 8.42 Å². The van der Waals surface area contributed by atoms with Gasteiger partial charge in [-0.1, -0.05) is 48.0 Å². The van der Waals surface area contributed by atoms with Gasteiger partial charge in [0.25, 0.3) is 0 Å². The fourth-order valence-corrected chi connectivity index (χ4v) is 3.52. The van der Waals surface area contributed by atoms with E-state index in [-0.39, 0.29) is 18.1 Å². The van der Waals surface area contributed by atoms with Gasteiger partial charge >= 0.3 is 0 Å². The fourth-order valence-electron chi connectivity index (χ4n) is 2.59. The summed E-state index contributed by atoms with van der Waals surface area (Å²) in [7, 11) is -3.07. The fraction of sp³-hybridized carbons (Fsp3) is 0.150. The molecule has 2 N–H and O–H groups in total. The van der Waals surface area contributed by atoms with Gasteiger partial charge in [0.15, 0.2) is 15.7 Å². The van der Waals surface area contributed by atoms with Crippen molar-refractivity contribution in [3.8, 4) is 11.3 Å². The lowest BCUT2D eigenvalue weighted by molar-refractivity contribution is -0.119. The Bertz CT molecular complexity index is 1080. The van der Waals surface area contributed by atoms with Crippen molar-refractivity contribution in [2.24, 2.45) is 0 Å². The number of amides is 1. The van der Waals surface area contributed by atoms with Crippen LogP contribution in [-0.2, 0) is 26.8 Å². The number of sulfone groups is 1. The first-order valence-electron chi connectivity index (χ1n) is 8.68. The Morgan fingerprint density at radius 1 is 0.931 bits per heavy atom. The number of aromatic nitrogens is 2. The lowest BCUT2D eigenvalue weighted by Gasteiger charge is -2.08. The molecule has 2 aromatic carbocycles. The standard InChI is InChI=1S/C20H19ClN4O3S/c1-29(27,28)13-15-2-6-16(7-3-15)18-10-11-19(23-22-18)24-25-20(26)12-14-4-8-17(21)9-5-14/h2-11H,12-13H2,1H3,(H,23,24)(H,25,26). The molecule has 0 radical (unpaired) electrons.